The number of hydrogen-bond acceptors (Lipinski definition) is 4. The van der Waals surface area contributed by atoms with Gasteiger partial charge in [-0.25, -0.2) is 4.68 Å². The van der Waals surface area contributed by atoms with Crippen molar-refractivity contribution >= 4 is 27.4 Å². The van der Waals surface area contributed by atoms with Crippen LogP contribution in [0.5, 0.6) is 0 Å². The van der Waals surface area contributed by atoms with Gasteiger partial charge in [0.15, 0.2) is 0 Å². The molecule has 0 saturated carbocycles. The smallest absolute Gasteiger partial charge is 0.213 e. The Kier molecular flexibility index (Phi) is 3.76. The Morgan fingerprint density at radius 3 is 3.00 bits per heavy atom. The lowest BCUT2D eigenvalue weighted by molar-refractivity contribution is 0.102. The van der Waals surface area contributed by atoms with Crippen LogP contribution >= 0.6 is 15.9 Å². The summed E-state index contributed by atoms with van der Waals surface area (Å²) in [6.45, 7) is 2.69. The number of ketones is 1. The van der Waals surface area contributed by atoms with Crippen molar-refractivity contribution < 1.29 is 4.79 Å². The molecule has 0 unspecified atom stereocenters. The van der Waals surface area contributed by atoms with E-state index < -0.39 is 0 Å². The van der Waals surface area contributed by atoms with Crippen LogP contribution in [0.3, 0.4) is 0 Å². The first-order chi connectivity index (χ1) is 8.63. The Hall–Kier alpha value is -1.69. The zero-order valence-corrected chi connectivity index (χ0v) is 11.5. The largest absolute Gasteiger partial charge is 0.399 e. The summed E-state index contributed by atoms with van der Waals surface area (Å²) < 4.78 is 2.32. The number of halogens is 1. The Morgan fingerprint density at radius 1 is 1.50 bits per heavy atom. The SMILES string of the molecule is CCCn1nncc1C(=O)c1cc(N)ccc1Br. The highest BCUT2D eigenvalue weighted by Crippen LogP contribution is 2.22. The monoisotopic (exact) mass is 308 g/mol. The van der Waals surface area contributed by atoms with E-state index in [1.165, 1.54) is 6.20 Å². The second-order valence-electron chi connectivity index (χ2n) is 3.91. The van der Waals surface area contributed by atoms with E-state index in [1.54, 1.807) is 22.9 Å². The van der Waals surface area contributed by atoms with Gasteiger partial charge < -0.3 is 5.73 Å². The summed E-state index contributed by atoms with van der Waals surface area (Å²) >= 11 is 3.35. The summed E-state index contributed by atoms with van der Waals surface area (Å²) in [4.78, 5) is 12.4. The third kappa shape index (κ3) is 2.43. The summed E-state index contributed by atoms with van der Waals surface area (Å²) in [5, 5.41) is 7.69. The first-order valence-electron chi connectivity index (χ1n) is 5.61. The maximum Gasteiger partial charge on any atom is 0.213 e. The maximum atomic E-state index is 12.4. The van der Waals surface area contributed by atoms with Crippen molar-refractivity contribution in [1.82, 2.24) is 15.0 Å². The number of aromatic nitrogens is 3. The lowest BCUT2D eigenvalue weighted by Gasteiger charge is -2.06. The van der Waals surface area contributed by atoms with Crippen LogP contribution in [0.15, 0.2) is 28.9 Å². The number of nitrogens with two attached hydrogens (primary N) is 1. The van der Waals surface area contributed by atoms with E-state index in [-0.39, 0.29) is 5.78 Å². The van der Waals surface area contributed by atoms with E-state index in [0.29, 0.717) is 28.0 Å². The summed E-state index contributed by atoms with van der Waals surface area (Å²) in [6.07, 6.45) is 2.37. The summed E-state index contributed by atoms with van der Waals surface area (Å²) in [5.74, 6) is -0.132. The normalized spacial score (nSPS) is 10.6. The maximum absolute atomic E-state index is 12.4. The van der Waals surface area contributed by atoms with Crippen molar-refractivity contribution in [1.29, 1.82) is 0 Å². The zero-order chi connectivity index (χ0) is 13.1. The predicted molar refractivity (Wildman–Crippen MR) is 72.3 cm³/mol. The lowest BCUT2D eigenvalue weighted by atomic mass is 10.1. The third-order valence-corrected chi connectivity index (χ3v) is 3.21. The van der Waals surface area contributed by atoms with Crippen LogP contribution in [0.2, 0.25) is 0 Å². The highest BCUT2D eigenvalue weighted by molar-refractivity contribution is 9.10. The van der Waals surface area contributed by atoms with Crippen molar-refractivity contribution in [3.8, 4) is 0 Å². The van der Waals surface area contributed by atoms with Crippen LogP contribution in [-0.4, -0.2) is 20.8 Å². The number of nitrogen functional groups attached to an aromatic ring is 1. The first-order valence-corrected chi connectivity index (χ1v) is 6.41. The van der Waals surface area contributed by atoms with E-state index in [9.17, 15) is 4.79 Å². The number of rotatable bonds is 4. The molecule has 1 aromatic heterocycles. The lowest BCUT2D eigenvalue weighted by Crippen LogP contribution is -2.12. The molecule has 0 saturated heterocycles. The summed E-state index contributed by atoms with van der Waals surface area (Å²) in [5.41, 5.74) is 7.25. The second-order valence-corrected chi connectivity index (χ2v) is 4.77. The third-order valence-electron chi connectivity index (χ3n) is 2.52. The Bertz CT molecular complexity index is 579. The molecule has 5 nitrogen and oxygen atoms in total. The molecule has 2 rings (SSSR count). The molecule has 1 aromatic carbocycles. The minimum absolute atomic E-state index is 0.132. The van der Waals surface area contributed by atoms with Crippen LogP contribution in [0.1, 0.15) is 29.4 Å². The average molecular weight is 309 g/mol. The van der Waals surface area contributed by atoms with Gasteiger partial charge in [0, 0.05) is 22.3 Å². The van der Waals surface area contributed by atoms with E-state index >= 15 is 0 Å². The average Bonchev–Trinajstić information content (AvgIpc) is 2.80. The number of carbonyl (C=O) groups is 1. The quantitative estimate of drug-likeness (QED) is 0.694. The molecule has 0 aliphatic carbocycles. The van der Waals surface area contributed by atoms with Gasteiger partial charge in [-0.05, 0) is 24.6 Å². The molecule has 0 atom stereocenters. The summed E-state index contributed by atoms with van der Waals surface area (Å²) in [6, 6.07) is 5.15. The van der Waals surface area contributed by atoms with Gasteiger partial charge in [0.25, 0.3) is 0 Å². The summed E-state index contributed by atoms with van der Waals surface area (Å²) in [7, 11) is 0. The number of carbonyl (C=O) groups excluding carboxylic acids is 1. The number of hydrogen-bond donors (Lipinski definition) is 1. The molecule has 0 amide bonds. The van der Waals surface area contributed by atoms with Gasteiger partial charge in [0.2, 0.25) is 5.78 Å². The molecule has 2 N–H and O–H groups in total. The Labute approximate surface area is 113 Å². The van der Waals surface area contributed by atoms with Gasteiger partial charge in [-0.3, -0.25) is 4.79 Å². The fraction of sp³-hybridized carbons (Fsp3) is 0.250. The van der Waals surface area contributed by atoms with Crippen LogP contribution in [0.25, 0.3) is 0 Å². The molecule has 0 spiro atoms. The van der Waals surface area contributed by atoms with Gasteiger partial charge in [-0.2, -0.15) is 0 Å². The number of anilines is 1. The minimum atomic E-state index is -0.132. The minimum Gasteiger partial charge on any atom is -0.399 e. The molecule has 0 aliphatic heterocycles. The van der Waals surface area contributed by atoms with E-state index in [0.717, 1.165) is 6.42 Å². The Balaban J connectivity index is 2.41. The molecule has 0 bridgehead atoms. The molecule has 6 heteroatoms. The molecule has 2 aromatic rings. The highest BCUT2D eigenvalue weighted by atomic mass is 79.9. The molecule has 0 radical (unpaired) electrons. The van der Waals surface area contributed by atoms with Crippen LogP contribution in [-0.2, 0) is 6.54 Å². The van der Waals surface area contributed by atoms with Gasteiger partial charge >= 0.3 is 0 Å². The first kappa shape index (κ1) is 12.8. The van der Waals surface area contributed by atoms with E-state index in [2.05, 4.69) is 26.2 Å². The number of benzene rings is 1. The van der Waals surface area contributed by atoms with Gasteiger partial charge in [-0.15, -0.1) is 5.10 Å². The van der Waals surface area contributed by atoms with Gasteiger partial charge in [-0.1, -0.05) is 28.1 Å². The molecule has 94 valence electrons. The van der Waals surface area contributed by atoms with Crippen LogP contribution in [0.4, 0.5) is 5.69 Å². The van der Waals surface area contributed by atoms with Gasteiger partial charge in [0.05, 0.1) is 6.20 Å². The highest BCUT2D eigenvalue weighted by Gasteiger charge is 2.17. The molecular weight excluding hydrogens is 296 g/mol. The number of aryl methyl sites for hydroxylation is 1. The molecule has 0 fully saturated rings. The standard InChI is InChI=1S/C12H13BrN4O/c1-2-5-17-11(7-15-16-17)12(18)9-6-8(14)3-4-10(9)13/h3-4,6-7H,2,5,14H2,1H3. The van der Waals surface area contributed by atoms with Crippen molar-refractivity contribution in [3.63, 3.8) is 0 Å². The van der Waals surface area contributed by atoms with Crippen molar-refractivity contribution in [2.75, 3.05) is 5.73 Å². The van der Waals surface area contributed by atoms with Crippen LogP contribution in [0, 0.1) is 0 Å². The van der Waals surface area contributed by atoms with Gasteiger partial charge in [0.1, 0.15) is 5.69 Å². The van der Waals surface area contributed by atoms with Crippen molar-refractivity contribution in [3.05, 3.63) is 40.1 Å². The van der Waals surface area contributed by atoms with Crippen LogP contribution < -0.4 is 5.73 Å². The molecule has 18 heavy (non-hydrogen) atoms. The fourth-order valence-corrected chi connectivity index (χ4v) is 2.09. The van der Waals surface area contributed by atoms with E-state index in [1.807, 2.05) is 6.92 Å². The van der Waals surface area contributed by atoms with Crippen molar-refractivity contribution in [2.24, 2.45) is 0 Å². The number of nitrogens with zero attached hydrogens (tertiary/aromatic N) is 3. The van der Waals surface area contributed by atoms with Crippen molar-refractivity contribution in [2.45, 2.75) is 19.9 Å². The molecule has 1 heterocycles. The molecule has 0 aliphatic rings. The fourth-order valence-electron chi connectivity index (χ4n) is 1.67. The zero-order valence-electron chi connectivity index (χ0n) is 9.93. The topological polar surface area (TPSA) is 73.8 Å². The second kappa shape index (κ2) is 5.30. The predicted octanol–water partition coefficient (Wildman–Crippen LogP) is 2.26. The Morgan fingerprint density at radius 2 is 2.28 bits per heavy atom. The molecular formula is C12H13BrN4O. The van der Waals surface area contributed by atoms with E-state index in [4.69, 9.17) is 5.73 Å².